The maximum absolute atomic E-state index is 11.5. The first-order valence-electron chi connectivity index (χ1n) is 6.27. The van der Waals surface area contributed by atoms with Crippen LogP contribution in [-0.4, -0.2) is 32.1 Å². The van der Waals surface area contributed by atoms with Crippen LogP contribution in [0.3, 0.4) is 0 Å². The predicted molar refractivity (Wildman–Crippen MR) is 80.8 cm³/mol. The van der Waals surface area contributed by atoms with Crippen LogP contribution in [0.2, 0.25) is 0 Å². The van der Waals surface area contributed by atoms with Gasteiger partial charge in [-0.15, -0.1) is 0 Å². The van der Waals surface area contributed by atoms with E-state index in [1.807, 2.05) is 6.08 Å². The van der Waals surface area contributed by atoms with E-state index in [1.165, 1.54) is 11.2 Å². The zero-order valence-corrected chi connectivity index (χ0v) is 12.4. The number of nitrogens with zero attached hydrogens (tertiary/aromatic N) is 1. The summed E-state index contributed by atoms with van der Waals surface area (Å²) in [7, 11) is 0. The van der Waals surface area contributed by atoms with Crippen LogP contribution < -0.4 is 5.32 Å². The normalized spacial score (nSPS) is 24.5. The minimum atomic E-state index is -2.11. The van der Waals surface area contributed by atoms with Crippen molar-refractivity contribution >= 4 is 17.2 Å². The number of allylic oxidation sites excluding steroid dienone is 5. The molecule has 1 aliphatic heterocycles. The molecular weight excluding hydrogens is 276 g/mol. The second kappa shape index (κ2) is 7.81. The first-order chi connectivity index (χ1) is 9.49. The molecule has 110 valence electrons. The topological polar surface area (TPSA) is 69.6 Å². The predicted octanol–water partition coefficient (Wildman–Crippen LogP) is 1.76. The van der Waals surface area contributed by atoms with Gasteiger partial charge in [-0.3, -0.25) is 13.7 Å². The van der Waals surface area contributed by atoms with Crippen molar-refractivity contribution in [3.8, 4) is 0 Å². The maximum atomic E-state index is 11.5. The van der Waals surface area contributed by atoms with Crippen LogP contribution in [0.15, 0.2) is 48.7 Å². The summed E-state index contributed by atoms with van der Waals surface area (Å²) in [5.74, 6) is -0.0356. The minimum absolute atomic E-state index is 0.0724. The maximum Gasteiger partial charge on any atom is 0.261 e. The molecule has 2 atom stereocenters. The molecule has 6 heteroatoms. The molecule has 1 saturated heterocycles. The van der Waals surface area contributed by atoms with E-state index < -0.39 is 11.3 Å². The Balaban J connectivity index is 3.00. The lowest BCUT2D eigenvalue weighted by Gasteiger charge is -2.35. The molecule has 0 aromatic rings. The van der Waals surface area contributed by atoms with Crippen LogP contribution in [0.1, 0.15) is 13.3 Å². The van der Waals surface area contributed by atoms with E-state index in [0.29, 0.717) is 25.2 Å². The van der Waals surface area contributed by atoms with E-state index in [4.69, 9.17) is 0 Å². The van der Waals surface area contributed by atoms with Gasteiger partial charge in [0.15, 0.2) is 0 Å². The van der Waals surface area contributed by atoms with Gasteiger partial charge >= 0.3 is 0 Å². The van der Waals surface area contributed by atoms with Crippen molar-refractivity contribution in [3.05, 3.63) is 48.7 Å². The summed E-state index contributed by atoms with van der Waals surface area (Å²) in [4.78, 5) is 11.0. The monoisotopic (exact) mass is 296 g/mol. The molecule has 1 unspecified atom stereocenters. The van der Waals surface area contributed by atoms with Crippen molar-refractivity contribution in [3.63, 3.8) is 0 Å². The summed E-state index contributed by atoms with van der Waals surface area (Å²) in [6.07, 6.45) is 7.46. The lowest BCUT2D eigenvalue weighted by Crippen LogP contribution is -2.41. The Hall–Kier alpha value is -1.66. The van der Waals surface area contributed by atoms with Crippen molar-refractivity contribution in [1.29, 1.82) is 0 Å². The second-order valence-corrected chi connectivity index (χ2v) is 5.42. The molecule has 0 aromatic carbocycles. The Morgan fingerprint density at radius 1 is 1.50 bits per heavy atom. The number of hydrogen-bond donors (Lipinski definition) is 2. The highest BCUT2D eigenvalue weighted by atomic mass is 32.2. The van der Waals surface area contributed by atoms with Crippen LogP contribution in [0.25, 0.3) is 0 Å². The largest absolute Gasteiger partial charge is 0.356 e. The lowest BCUT2D eigenvalue weighted by atomic mass is 9.92. The summed E-state index contributed by atoms with van der Waals surface area (Å²) >= 11 is -2.11. The number of carbonyl (C=O) groups excluding carboxylic acids is 1. The standard InChI is InChI=1S/C14H20N2O3S/c1-4-6-13-8-12(9-15-11(3)17)10-16(20(18)19)14(13)7-5-2/h4-7,12H,1-2,8-10H2,3H3,(H,15,17)(H,18,19)/b13-6-,14-7+/t12-/m0/s1. The molecule has 0 saturated carbocycles. The zero-order valence-electron chi connectivity index (χ0n) is 11.5. The van der Waals surface area contributed by atoms with Crippen LogP contribution in [0, 0.1) is 5.92 Å². The van der Waals surface area contributed by atoms with Crippen LogP contribution in [0.4, 0.5) is 0 Å². The van der Waals surface area contributed by atoms with Crippen molar-refractivity contribution in [2.75, 3.05) is 13.1 Å². The lowest BCUT2D eigenvalue weighted by molar-refractivity contribution is -0.119. The van der Waals surface area contributed by atoms with Gasteiger partial charge in [0.05, 0.1) is 5.70 Å². The van der Waals surface area contributed by atoms with Crippen LogP contribution >= 0.6 is 0 Å². The summed E-state index contributed by atoms with van der Waals surface area (Å²) < 4.78 is 22.3. The van der Waals surface area contributed by atoms with Crippen molar-refractivity contribution < 1.29 is 13.6 Å². The van der Waals surface area contributed by atoms with E-state index in [2.05, 4.69) is 18.5 Å². The fraction of sp³-hybridized carbons (Fsp3) is 0.357. The molecule has 20 heavy (non-hydrogen) atoms. The van der Waals surface area contributed by atoms with Gasteiger partial charge in [-0.1, -0.05) is 31.4 Å². The number of carbonyl (C=O) groups is 1. The van der Waals surface area contributed by atoms with E-state index in [1.54, 1.807) is 18.2 Å². The molecule has 5 nitrogen and oxygen atoms in total. The number of amides is 1. The smallest absolute Gasteiger partial charge is 0.261 e. The average Bonchev–Trinajstić information content (AvgIpc) is 2.38. The quantitative estimate of drug-likeness (QED) is 0.760. The SMILES string of the molecule is C=C/C=C1/C[C@@H](CNC(C)=O)CN(S(=O)O)/C1=C/C=C. The van der Waals surface area contributed by atoms with Gasteiger partial charge in [0.25, 0.3) is 11.3 Å². The van der Waals surface area contributed by atoms with Gasteiger partial charge in [-0.2, -0.15) is 0 Å². The Labute approximate surface area is 122 Å². The van der Waals surface area contributed by atoms with Crippen molar-refractivity contribution in [2.45, 2.75) is 13.3 Å². The molecule has 1 heterocycles. The molecule has 1 aliphatic rings. The number of rotatable bonds is 5. The fourth-order valence-electron chi connectivity index (χ4n) is 2.14. The van der Waals surface area contributed by atoms with Gasteiger partial charge in [-0.05, 0) is 24.0 Å². The first-order valence-corrected chi connectivity index (χ1v) is 7.33. The molecule has 0 radical (unpaired) electrons. The third kappa shape index (κ3) is 4.47. The van der Waals surface area contributed by atoms with Crippen molar-refractivity contribution in [1.82, 2.24) is 9.62 Å². The van der Waals surface area contributed by atoms with E-state index in [-0.39, 0.29) is 11.8 Å². The molecule has 2 N–H and O–H groups in total. The van der Waals surface area contributed by atoms with Crippen LogP contribution in [-0.2, 0) is 16.1 Å². The average molecular weight is 296 g/mol. The van der Waals surface area contributed by atoms with Gasteiger partial charge < -0.3 is 5.32 Å². The third-order valence-corrected chi connectivity index (χ3v) is 3.68. The fourth-order valence-corrected chi connectivity index (χ4v) is 2.83. The second-order valence-electron chi connectivity index (χ2n) is 4.51. The Morgan fingerprint density at radius 3 is 2.65 bits per heavy atom. The zero-order chi connectivity index (χ0) is 15.1. The Bertz CT molecular complexity index is 483. The number of nitrogens with one attached hydrogen (secondary N) is 1. The number of piperidine rings is 1. The first kappa shape index (κ1) is 16.4. The highest BCUT2D eigenvalue weighted by molar-refractivity contribution is 7.76. The molecule has 0 aromatic heterocycles. The highest BCUT2D eigenvalue weighted by Crippen LogP contribution is 2.31. The van der Waals surface area contributed by atoms with Crippen molar-refractivity contribution in [2.24, 2.45) is 5.92 Å². The van der Waals surface area contributed by atoms with Gasteiger partial charge in [0.2, 0.25) is 5.91 Å². The van der Waals surface area contributed by atoms with E-state index in [0.717, 1.165) is 5.57 Å². The van der Waals surface area contributed by atoms with E-state index in [9.17, 15) is 13.6 Å². The molecule has 0 bridgehead atoms. The van der Waals surface area contributed by atoms with Gasteiger partial charge in [-0.25, -0.2) is 4.21 Å². The van der Waals surface area contributed by atoms with Crippen LogP contribution in [0.5, 0.6) is 0 Å². The molecular formula is C14H20N2O3S. The highest BCUT2D eigenvalue weighted by Gasteiger charge is 2.29. The minimum Gasteiger partial charge on any atom is -0.356 e. The molecule has 1 amide bonds. The Kier molecular flexibility index (Phi) is 6.41. The Morgan fingerprint density at radius 2 is 2.15 bits per heavy atom. The summed E-state index contributed by atoms with van der Waals surface area (Å²) in [5, 5.41) is 2.75. The summed E-state index contributed by atoms with van der Waals surface area (Å²) in [6, 6.07) is 0. The molecule has 1 rings (SSSR count). The molecule has 0 aliphatic carbocycles. The van der Waals surface area contributed by atoms with Gasteiger partial charge in [0, 0.05) is 20.0 Å². The van der Waals surface area contributed by atoms with Gasteiger partial charge in [0.1, 0.15) is 0 Å². The third-order valence-electron chi connectivity index (χ3n) is 2.95. The number of hydrogen-bond acceptors (Lipinski definition) is 2. The summed E-state index contributed by atoms with van der Waals surface area (Å²) in [6.45, 7) is 9.61. The molecule has 1 fully saturated rings. The van der Waals surface area contributed by atoms with E-state index >= 15 is 0 Å². The molecule has 0 spiro atoms. The summed E-state index contributed by atoms with van der Waals surface area (Å²) in [5.41, 5.74) is 1.57.